The Hall–Kier alpha value is -1.77. The van der Waals surface area contributed by atoms with Gasteiger partial charge in [0.2, 0.25) is 0 Å². The number of nitrogens with zero attached hydrogens (tertiary/aromatic N) is 1. The number of rotatable bonds is 4. The number of nitrogens with one attached hydrogen (secondary N) is 1. The highest BCUT2D eigenvalue weighted by Gasteiger charge is 2.25. The van der Waals surface area contributed by atoms with Gasteiger partial charge in [0.15, 0.2) is 0 Å². The first-order chi connectivity index (χ1) is 8.81. The first-order valence-corrected chi connectivity index (χ1v) is 6.55. The highest BCUT2D eigenvalue weighted by atomic mass is 16.2. The molecule has 1 fully saturated rings. The number of hydrogen-bond donors (Lipinski definition) is 1. The Morgan fingerprint density at radius 1 is 1.33 bits per heavy atom. The summed E-state index contributed by atoms with van der Waals surface area (Å²) in [5.74, 6) is 0. The Bertz CT molecular complexity index is 396. The molecule has 3 heteroatoms. The molecule has 0 aromatic heterocycles. The SMILES string of the molecule is C=CCN(C(=O)Nc1ccccc1)C1CCCC1. The molecule has 2 rings (SSSR count). The Labute approximate surface area is 108 Å². The van der Waals surface area contributed by atoms with Crippen molar-refractivity contribution >= 4 is 11.7 Å². The molecule has 0 aliphatic heterocycles. The molecule has 0 radical (unpaired) electrons. The molecule has 1 aromatic carbocycles. The number of amides is 2. The zero-order valence-electron chi connectivity index (χ0n) is 10.6. The average molecular weight is 244 g/mol. The van der Waals surface area contributed by atoms with Gasteiger partial charge >= 0.3 is 6.03 Å². The number of para-hydroxylation sites is 1. The van der Waals surface area contributed by atoms with E-state index < -0.39 is 0 Å². The molecule has 2 amide bonds. The maximum Gasteiger partial charge on any atom is 0.322 e. The van der Waals surface area contributed by atoms with Gasteiger partial charge in [-0.3, -0.25) is 0 Å². The van der Waals surface area contributed by atoms with Crippen LogP contribution in [0, 0.1) is 0 Å². The molecule has 0 bridgehead atoms. The van der Waals surface area contributed by atoms with Gasteiger partial charge < -0.3 is 10.2 Å². The van der Waals surface area contributed by atoms with E-state index in [9.17, 15) is 4.79 Å². The van der Waals surface area contributed by atoms with Crippen molar-refractivity contribution in [1.29, 1.82) is 0 Å². The van der Waals surface area contributed by atoms with Gasteiger partial charge in [-0.1, -0.05) is 37.1 Å². The van der Waals surface area contributed by atoms with Crippen molar-refractivity contribution in [2.75, 3.05) is 11.9 Å². The van der Waals surface area contributed by atoms with Gasteiger partial charge in [-0.05, 0) is 25.0 Å². The normalized spacial score (nSPS) is 15.3. The van der Waals surface area contributed by atoms with E-state index in [1.165, 1.54) is 12.8 Å². The average Bonchev–Trinajstić information content (AvgIpc) is 2.90. The zero-order valence-corrected chi connectivity index (χ0v) is 10.6. The second-order valence-corrected chi connectivity index (χ2v) is 4.68. The first-order valence-electron chi connectivity index (χ1n) is 6.55. The second-order valence-electron chi connectivity index (χ2n) is 4.68. The summed E-state index contributed by atoms with van der Waals surface area (Å²) < 4.78 is 0. The summed E-state index contributed by atoms with van der Waals surface area (Å²) in [6.07, 6.45) is 6.45. The molecular formula is C15H20N2O. The molecule has 0 atom stereocenters. The zero-order chi connectivity index (χ0) is 12.8. The summed E-state index contributed by atoms with van der Waals surface area (Å²) in [5.41, 5.74) is 0.842. The standard InChI is InChI=1S/C15H20N2O/c1-2-12-17(14-10-6-7-11-14)15(18)16-13-8-4-3-5-9-13/h2-5,8-9,14H,1,6-7,10-12H2,(H,16,18). The number of anilines is 1. The van der Waals surface area contributed by atoms with E-state index in [1.807, 2.05) is 35.2 Å². The van der Waals surface area contributed by atoms with Gasteiger partial charge in [0.25, 0.3) is 0 Å². The van der Waals surface area contributed by atoms with Crippen molar-refractivity contribution in [3.63, 3.8) is 0 Å². The molecule has 0 saturated heterocycles. The van der Waals surface area contributed by atoms with E-state index in [4.69, 9.17) is 0 Å². The van der Waals surface area contributed by atoms with E-state index >= 15 is 0 Å². The van der Waals surface area contributed by atoms with E-state index in [0.717, 1.165) is 18.5 Å². The van der Waals surface area contributed by atoms with Crippen LogP contribution >= 0.6 is 0 Å². The highest BCUT2D eigenvalue weighted by Crippen LogP contribution is 2.24. The maximum absolute atomic E-state index is 12.3. The van der Waals surface area contributed by atoms with Gasteiger partial charge in [-0.15, -0.1) is 6.58 Å². The summed E-state index contributed by atoms with van der Waals surface area (Å²) in [7, 11) is 0. The van der Waals surface area contributed by atoms with E-state index in [1.54, 1.807) is 6.08 Å². The van der Waals surface area contributed by atoms with Crippen LogP contribution < -0.4 is 5.32 Å². The van der Waals surface area contributed by atoms with Crippen LogP contribution in [0.2, 0.25) is 0 Å². The van der Waals surface area contributed by atoms with Crippen LogP contribution in [0.1, 0.15) is 25.7 Å². The first kappa shape index (κ1) is 12.7. The molecule has 1 N–H and O–H groups in total. The summed E-state index contributed by atoms with van der Waals surface area (Å²) in [6, 6.07) is 9.93. The third-order valence-corrected chi connectivity index (χ3v) is 3.38. The molecule has 0 spiro atoms. The van der Waals surface area contributed by atoms with Gasteiger partial charge in [0, 0.05) is 18.3 Å². The lowest BCUT2D eigenvalue weighted by atomic mass is 10.2. The number of carbonyl (C=O) groups is 1. The van der Waals surface area contributed by atoms with E-state index in [-0.39, 0.29) is 6.03 Å². The van der Waals surface area contributed by atoms with E-state index in [2.05, 4.69) is 11.9 Å². The van der Waals surface area contributed by atoms with Gasteiger partial charge in [0.05, 0.1) is 0 Å². The topological polar surface area (TPSA) is 32.3 Å². The number of urea groups is 1. The number of carbonyl (C=O) groups excluding carboxylic acids is 1. The molecule has 1 saturated carbocycles. The molecule has 1 aliphatic rings. The Morgan fingerprint density at radius 3 is 2.61 bits per heavy atom. The predicted octanol–water partition coefficient (Wildman–Crippen LogP) is 3.65. The molecule has 1 aromatic rings. The molecule has 1 aliphatic carbocycles. The monoisotopic (exact) mass is 244 g/mol. The largest absolute Gasteiger partial charge is 0.322 e. The van der Waals surface area contributed by atoms with Crippen molar-refractivity contribution < 1.29 is 4.79 Å². The Kier molecular flexibility index (Phi) is 4.40. The number of benzene rings is 1. The fourth-order valence-electron chi connectivity index (χ4n) is 2.47. The van der Waals surface area contributed by atoms with Crippen LogP contribution in [-0.4, -0.2) is 23.5 Å². The van der Waals surface area contributed by atoms with Gasteiger partial charge in [-0.2, -0.15) is 0 Å². The lowest BCUT2D eigenvalue weighted by Gasteiger charge is -2.28. The van der Waals surface area contributed by atoms with Crippen molar-refractivity contribution in [3.8, 4) is 0 Å². The minimum atomic E-state index is -0.0204. The fourth-order valence-corrected chi connectivity index (χ4v) is 2.47. The fraction of sp³-hybridized carbons (Fsp3) is 0.400. The second kappa shape index (κ2) is 6.24. The summed E-state index contributed by atoms with van der Waals surface area (Å²) >= 11 is 0. The van der Waals surface area contributed by atoms with Crippen molar-refractivity contribution in [1.82, 2.24) is 4.90 Å². The minimum absolute atomic E-state index is 0.0204. The van der Waals surface area contributed by atoms with Crippen LogP contribution in [0.5, 0.6) is 0 Å². The lowest BCUT2D eigenvalue weighted by Crippen LogP contribution is -2.41. The maximum atomic E-state index is 12.3. The smallest absolute Gasteiger partial charge is 0.318 e. The van der Waals surface area contributed by atoms with Crippen LogP contribution in [0.25, 0.3) is 0 Å². The van der Waals surface area contributed by atoms with Crippen LogP contribution in [0.4, 0.5) is 10.5 Å². The predicted molar refractivity (Wildman–Crippen MR) is 74.6 cm³/mol. The molecule has 96 valence electrons. The van der Waals surface area contributed by atoms with Gasteiger partial charge in [0.1, 0.15) is 0 Å². The van der Waals surface area contributed by atoms with E-state index in [0.29, 0.717) is 12.6 Å². The lowest BCUT2D eigenvalue weighted by molar-refractivity contribution is 0.196. The van der Waals surface area contributed by atoms with Crippen LogP contribution in [-0.2, 0) is 0 Å². The summed E-state index contributed by atoms with van der Waals surface area (Å²) in [4.78, 5) is 14.2. The molecule has 0 unspecified atom stereocenters. The summed E-state index contributed by atoms with van der Waals surface area (Å²) in [5, 5.41) is 2.94. The molecular weight excluding hydrogens is 224 g/mol. The number of hydrogen-bond acceptors (Lipinski definition) is 1. The summed E-state index contributed by atoms with van der Waals surface area (Å²) in [6.45, 7) is 4.35. The Morgan fingerprint density at radius 2 is 2.00 bits per heavy atom. The third-order valence-electron chi connectivity index (χ3n) is 3.38. The quantitative estimate of drug-likeness (QED) is 0.806. The Balaban J connectivity index is 2.01. The van der Waals surface area contributed by atoms with Crippen molar-refractivity contribution in [3.05, 3.63) is 43.0 Å². The third kappa shape index (κ3) is 3.13. The molecule has 3 nitrogen and oxygen atoms in total. The van der Waals surface area contributed by atoms with Crippen molar-refractivity contribution in [2.45, 2.75) is 31.7 Å². The van der Waals surface area contributed by atoms with Crippen LogP contribution in [0.15, 0.2) is 43.0 Å². The van der Waals surface area contributed by atoms with Crippen LogP contribution in [0.3, 0.4) is 0 Å². The van der Waals surface area contributed by atoms with Crippen molar-refractivity contribution in [2.24, 2.45) is 0 Å². The molecule has 0 heterocycles. The minimum Gasteiger partial charge on any atom is -0.318 e. The van der Waals surface area contributed by atoms with Gasteiger partial charge in [-0.25, -0.2) is 4.79 Å². The highest BCUT2D eigenvalue weighted by molar-refractivity contribution is 5.89. The molecule has 18 heavy (non-hydrogen) atoms.